The maximum absolute atomic E-state index is 12.2. The SMILES string of the molecule is O=C1CSC(c2ccccc2[N+](=O)[O-])N1c1ccc(Cl)cn1. The number of aromatic nitrogens is 1. The molecule has 1 aliphatic heterocycles. The number of nitro groups is 1. The van der Waals surface area contributed by atoms with E-state index in [4.69, 9.17) is 11.6 Å². The van der Waals surface area contributed by atoms with Crippen LogP contribution in [0.25, 0.3) is 0 Å². The Kier molecular flexibility index (Phi) is 4.00. The first-order chi connectivity index (χ1) is 10.6. The number of anilines is 1. The summed E-state index contributed by atoms with van der Waals surface area (Å²) in [5.41, 5.74) is 0.480. The second-order valence-electron chi connectivity index (χ2n) is 4.58. The van der Waals surface area contributed by atoms with Crippen LogP contribution in [0.2, 0.25) is 5.02 Å². The zero-order chi connectivity index (χ0) is 15.7. The van der Waals surface area contributed by atoms with Crippen LogP contribution in [0.5, 0.6) is 0 Å². The summed E-state index contributed by atoms with van der Waals surface area (Å²) in [6.07, 6.45) is 1.45. The highest BCUT2D eigenvalue weighted by Gasteiger charge is 2.38. The molecular formula is C14H10ClN3O3S. The first-order valence-electron chi connectivity index (χ1n) is 6.36. The van der Waals surface area contributed by atoms with Crippen molar-refractivity contribution in [2.45, 2.75) is 5.37 Å². The summed E-state index contributed by atoms with van der Waals surface area (Å²) < 4.78 is 0. The van der Waals surface area contributed by atoms with Crippen LogP contribution in [0.15, 0.2) is 42.6 Å². The lowest BCUT2D eigenvalue weighted by atomic mass is 10.1. The van der Waals surface area contributed by atoms with E-state index < -0.39 is 10.3 Å². The molecule has 1 fully saturated rings. The van der Waals surface area contributed by atoms with Crippen molar-refractivity contribution in [3.63, 3.8) is 0 Å². The van der Waals surface area contributed by atoms with Crippen molar-refractivity contribution in [2.24, 2.45) is 0 Å². The summed E-state index contributed by atoms with van der Waals surface area (Å²) in [6.45, 7) is 0. The van der Waals surface area contributed by atoms with Gasteiger partial charge in [-0.3, -0.25) is 19.8 Å². The molecule has 2 heterocycles. The number of nitro benzene ring substituents is 1. The molecule has 1 amide bonds. The number of benzene rings is 1. The molecule has 112 valence electrons. The molecule has 1 aromatic carbocycles. The number of carbonyl (C=O) groups excluding carboxylic acids is 1. The lowest BCUT2D eigenvalue weighted by Crippen LogP contribution is -2.28. The zero-order valence-electron chi connectivity index (χ0n) is 11.2. The van der Waals surface area contributed by atoms with Crippen LogP contribution in [0.3, 0.4) is 0 Å². The highest BCUT2D eigenvalue weighted by molar-refractivity contribution is 8.00. The Hall–Kier alpha value is -2.12. The van der Waals surface area contributed by atoms with Gasteiger partial charge in [-0.05, 0) is 18.2 Å². The number of thioether (sulfide) groups is 1. The molecule has 0 aliphatic carbocycles. The van der Waals surface area contributed by atoms with E-state index in [0.29, 0.717) is 16.4 Å². The van der Waals surface area contributed by atoms with E-state index in [1.54, 1.807) is 30.3 Å². The highest BCUT2D eigenvalue weighted by Crippen LogP contribution is 2.44. The molecule has 0 saturated carbocycles. The number of nitrogens with zero attached hydrogens (tertiary/aromatic N) is 3. The second kappa shape index (κ2) is 5.94. The van der Waals surface area contributed by atoms with Crippen LogP contribution in [0.1, 0.15) is 10.9 Å². The Morgan fingerprint density at radius 1 is 1.32 bits per heavy atom. The van der Waals surface area contributed by atoms with Crippen molar-refractivity contribution in [1.29, 1.82) is 0 Å². The standard InChI is InChI=1S/C14H10ClN3O3S/c15-9-5-6-12(16-7-9)17-13(19)8-22-14(17)10-3-1-2-4-11(10)18(20)21/h1-7,14H,8H2. The Bertz CT molecular complexity index is 738. The molecule has 1 aliphatic rings. The van der Waals surface area contributed by atoms with E-state index in [0.717, 1.165) is 0 Å². The first-order valence-corrected chi connectivity index (χ1v) is 7.79. The molecular weight excluding hydrogens is 326 g/mol. The van der Waals surface area contributed by atoms with E-state index >= 15 is 0 Å². The number of amides is 1. The third-order valence-corrected chi connectivity index (χ3v) is 4.64. The second-order valence-corrected chi connectivity index (χ2v) is 6.08. The fourth-order valence-corrected chi connectivity index (χ4v) is 3.58. The van der Waals surface area contributed by atoms with Crippen LogP contribution < -0.4 is 4.90 Å². The van der Waals surface area contributed by atoms with Gasteiger partial charge in [0, 0.05) is 12.3 Å². The number of pyridine rings is 1. The van der Waals surface area contributed by atoms with Gasteiger partial charge in [0.05, 0.1) is 21.3 Å². The number of halogens is 1. The van der Waals surface area contributed by atoms with Gasteiger partial charge in [0.1, 0.15) is 11.2 Å². The number of hydrogen-bond acceptors (Lipinski definition) is 5. The quantitative estimate of drug-likeness (QED) is 0.634. The fourth-order valence-electron chi connectivity index (χ4n) is 2.27. The van der Waals surface area contributed by atoms with Crippen molar-refractivity contribution >= 4 is 40.8 Å². The third-order valence-electron chi connectivity index (χ3n) is 3.23. The van der Waals surface area contributed by atoms with Crippen molar-refractivity contribution in [3.8, 4) is 0 Å². The molecule has 0 N–H and O–H groups in total. The highest BCUT2D eigenvalue weighted by atomic mass is 35.5. The molecule has 22 heavy (non-hydrogen) atoms. The van der Waals surface area contributed by atoms with Crippen molar-refractivity contribution in [2.75, 3.05) is 10.7 Å². The maximum Gasteiger partial charge on any atom is 0.275 e. The van der Waals surface area contributed by atoms with E-state index in [2.05, 4.69) is 4.98 Å². The summed E-state index contributed by atoms with van der Waals surface area (Å²) in [5.74, 6) is 0.548. The van der Waals surface area contributed by atoms with Crippen LogP contribution in [0.4, 0.5) is 11.5 Å². The van der Waals surface area contributed by atoms with E-state index in [9.17, 15) is 14.9 Å². The zero-order valence-corrected chi connectivity index (χ0v) is 12.8. The van der Waals surface area contributed by atoms with Crippen LogP contribution in [-0.4, -0.2) is 21.6 Å². The minimum atomic E-state index is -0.470. The normalized spacial score (nSPS) is 17.8. The molecule has 2 aromatic rings. The number of rotatable bonds is 3. The summed E-state index contributed by atoms with van der Waals surface area (Å²) in [5, 5.41) is 11.2. The Labute approximate surface area is 135 Å². The smallest absolute Gasteiger partial charge is 0.275 e. The molecule has 0 spiro atoms. The van der Waals surface area contributed by atoms with Gasteiger partial charge >= 0.3 is 0 Å². The molecule has 3 rings (SSSR count). The largest absolute Gasteiger partial charge is 0.279 e. The summed E-state index contributed by atoms with van der Waals surface area (Å²) >= 11 is 7.16. The number of hydrogen-bond donors (Lipinski definition) is 0. The maximum atomic E-state index is 12.2. The predicted molar refractivity (Wildman–Crippen MR) is 85.0 cm³/mol. The van der Waals surface area contributed by atoms with Gasteiger partial charge in [0.15, 0.2) is 0 Å². The lowest BCUT2D eigenvalue weighted by Gasteiger charge is -2.23. The molecule has 6 nitrogen and oxygen atoms in total. The van der Waals surface area contributed by atoms with Crippen LogP contribution >= 0.6 is 23.4 Å². The van der Waals surface area contributed by atoms with Crippen molar-refractivity contribution in [1.82, 2.24) is 4.98 Å². The first kappa shape index (κ1) is 14.8. The van der Waals surface area contributed by atoms with E-state index in [1.165, 1.54) is 28.9 Å². The average molecular weight is 336 g/mol. The van der Waals surface area contributed by atoms with Crippen molar-refractivity contribution in [3.05, 3.63) is 63.3 Å². The van der Waals surface area contributed by atoms with Crippen molar-refractivity contribution < 1.29 is 9.72 Å². The topological polar surface area (TPSA) is 76.3 Å². The van der Waals surface area contributed by atoms with Gasteiger partial charge in [-0.2, -0.15) is 0 Å². The van der Waals surface area contributed by atoms with Gasteiger partial charge in [0.25, 0.3) is 5.69 Å². The molecule has 8 heteroatoms. The fraction of sp³-hybridized carbons (Fsp3) is 0.143. The van der Waals surface area contributed by atoms with Gasteiger partial charge in [-0.25, -0.2) is 4.98 Å². The van der Waals surface area contributed by atoms with Gasteiger partial charge < -0.3 is 0 Å². The number of para-hydroxylation sites is 1. The molecule has 0 bridgehead atoms. The molecule has 0 radical (unpaired) electrons. The lowest BCUT2D eigenvalue weighted by molar-refractivity contribution is -0.385. The third kappa shape index (κ3) is 2.65. The van der Waals surface area contributed by atoms with Crippen LogP contribution in [0, 0.1) is 10.1 Å². The Balaban J connectivity index is 2.05. The summed E-state index contributed by atoms with van der Waals surface area (Å²) in [6, 6.07) is 9.70. The van der Waals surface area contributed by atoms with E-state index in [1.807, 2.05) is 0 Å². The van der Waals surface area contributed by atoms with Gasteiger partial charge in [-0.1, -0.05) is 23.7 Å². The number of carbonyl (C=O) groups is 1. The average Bonchev–Trinajstić information content (AvgIpc) is 2.90. The Morgan fingerprint density at radius 3 is 2.77 bits per heavy atom. The Morgan fingerprint density at radius 2 is 2.09 bits per heavy atom. The minimum absolute atomic E-state index is 0.00587. The monoisotopic (exact) mass is 335 g/mol. The molecule has 1 aromatic heterocycles. The summed E-state index contributed by atoms with van der Waals surface area (Å²) in [4.78, 5) is 28.6. The predicted octanol–water partition coefficient (Wildman–Crippen LogP) is 3.42. The van der Waals surface area contributed by atoms with Crippen LogP contribution in [-0.2, 0) is 4.79 Å². The van der Waals surface area contributed by atoms with Gasteiger partial charge in [0.2, 0.25) is 5.91 Å². The minimum Gasteiger partial charge on any atom is -0.279 e. The van der Waals surface area contributed by atoms with Gasteiger partial charge in [-0.15, -0.1) is 11.8 Å². The van der Waals surface area contributed by atoms with E-state index in [-0.39, 0.29) is 17.3 Å². The molecule has 1 saturated heterocycles. The molecule has 1 unspecified atom stereocenters. The molecule has 1 atom stereocenters. The summed E-state index contributed by atoms with van der Waals surface area (Å²) in [7, 11) is 0.